The van der Waals surface area contributed by atoms with Crippen LogP contribution in [-0.4, -0.2) is 39.3 Å². The molecule has 0 radical (unpaired) electrons. The highest BCUT2D eigenvalue weighted by molar-refractivity contribution is 5.80. The lowest BCUT2D eigenvalue weighted by atomic mass is 9.93. The van der Waals surface area contributed by atoms with E-state index in [1.165, 1.54) is 11.1 Å². The van der Waals surface area contributed by atoms with Gasteiger partial charge in [-0.25, -0.2) is 9.98 Å². The number of imidazole rings is 1. The van der Waals surface area contributed by atoms with Crippen molar-refractivity contribution in [3.05, 3.63) is 54.1 Å². The summed E-state index contributed by atoms with van der Waals surface area (Å²) in [7, 11) is 0. The Morgan fingerprint density at radius 3 is 2.81 bits per heavy atom. The smallest absolute Gasteiger partial charge is 0.191 e. The van der Waals surface area contributed by atoms with Gasteiger partial charge in [0.1, 0.15) is 0 Å². The maximum absolute atomic E-state index is 9.66. The molecule has 0 atom stereocenters. The van der Waals surface area contributed by atoms with Crippen molar-refractivity contribution >= 4 is 5.96 Å². The molecule has 0 aliphatic heterocycles. The molecule has 3 N–H and O–H groups in total. The summed E-state index contributed by atoms with van der Waals surface area (Å²) in [5.74, 6) is 0.855. The molecule has 2 aromatic rings. The highest BCUT2D eigenvalue weighted by atomic mass is 16.3. The molecule has 0 amide bonds. The van der Waals surface area contributed by atoms with Crippen molar-refractivity contribution in [1.29, 1.82) is 0 Å². The van der Waals surface area contributed by atoms with Crippen molar-refractivity contribution < 1.29 is 5.11 Å². The van der Waals surface area contributed by atoms with Crippen LogP contribution in [-0.2, 0) is 13.1 Å². The third kappa shape index (κ3) is 5.59. The molecule has 6 heteroatoms. The van der Waals surface area contributed by atoms with Gasteiger partial charge in [0.15, 0.2) is 5.96 Å². The minimum atomic E-state index is -0.134. The molecule has 3 rings (SSSR count). The van der Waals surface area contributed by atoms with E-state index in [-0.39, 0.29) is 6.10 Å². The Kier molecular flexibility index (Phi) is 6.66. The molecule has 1 aliphatic rings. The lowest BCUT2D eigenvalue weighted by Gasteiger charge is -2.27. The molecule has 0 saturated heterocycles. The maximum Gasteiger partial charge on any atom is 0.191 e. The molecule has 0 bridgehead atoms. The third-order valence-corrected chi connectivity index (χ3v) is 4.72. The molecule has 140 valence electrons. The molecule has 6 nitrogen and oxygen atoms in total. The predicted octanol–water partition coefficient (Wildman–Crippen LogP) is 2.29. The van der Waals surface area contributed by atoms with Gasteiger partial charge in [-0.2, -0.15) is 0 Å². The zero-order chi connectivity index (χ0) is 18.2. The number of hydrogen-bond acceptors (Lipinski definition) is 3. The van der Waals surface area contributed by atoms with Gasteiger partial charge in [-0.15, -0.1) is 0 Å². The number of aromatic nitrogens is 2. The molecule has 1 aromatic carbocycles. The second-order valence-corrected chi connectivity index (χ2v) is 6.90. The van der Waals surface area contributed by atoms with Gasteiger partial charge in [-0.3, -0.25) is 0 Å². The number of aliphatic hydroxyl groups is 1. The summed E-state index contributed by atoms with van der Waals surface area (Å²) in [4.78, 5) is 8.84. The van der Waals surface area contributed by atoms with Crippen LogP contribution in [0.15, 0.2) is 48.0 Å². The fraction of sp³-hybridized carbons (Fsp3) is 0.500. The van der Waals surface area contributed by atoms with Crippen LogP contribution < -0.4 is 10.6 Å². The molecule has 1 aliphatic carbocycles. The minimum absolute atomic E-state index is 0.134. The molecule has 1 aromatic heterocycles. The zero-order valence-electron chi connectivity index (χ0n) is 15.4. The van der Waals surface area contributed by atoms with Gasteiger partial charge in [0.25, 0.3) is 0 Å². The minimum Gasteiger partial charge on any atom is -0.393 e. The number of aliphatic hydroxyl groups excluding tert-OH is 1. The summed E-state index contributed by atoms with van der Waals surface area (Å²) < 4.78 is 2.06. The molecule has 0 spiro atoms. The molecular weight excluding hydrogens is 326 g/mol. The topological polar surface area (TPSA) is 74.5 Å². The summed E-state index contributed by atoms with van der Waals surface area (Å²) >= 11 is 0. The standard InChI is InChI=1S/C20H29N5O/c1-2-22-20(24-18-6-8-19(26)9-7-18)23-13-16-4-3-5-17(12-16)14-25-11-10-21-15-25/h3-5,10-12,15,18-19,26H,2,6-9,13-14H2,1H3,(H2,22,23,24). The van der Waals surface area contributed by atoms with Crippen molar-refractivity contribution in [2.45, 2.75) is 57.8 Å². The molecule has 1 saturated carbocycles. The second kappa shape index (κ2) is 9.38. The highest BCUT2D eigenvalue weighted by Crippen LogP contribution is 2.18. The second-order valence-electron chi connectivity index (χ2n) is 6.90. The quantitative estimate of drug-likeness (QED) is 0.549. The Morgan fingerprint density at radius 2 is 2.08 bits per heavy atom. The monoisotopic (exact) mass is 355 g/mol. The number of guanidine groups is 1. The Bertz CT molecular complexity index is 690. The van der Waals surface area contributed by atoms with E-state index in [4.69, 9.17) is 4.99 Å². The Morgan fingerprint density at radius 1 is 1.27 bits per heavy atom. The van der Waals surface area contributed by atoms with Crippen molar-refractivity contribution in [3.8, 4) is 0 Å². The average Bonchev–Trinajstić information content (AvgIpc) is 3.15. The van der Waals surface area contributed by atoms with E-state index in [9.17, 15) is 5.11 Å². The van der Waals surface area contributed by atoms with Crippen LogP contribution in [0.5, 0.6) is 0 Å². The van der Waals surface area contributed by atoms with Crippen molar-refractivity contribution in [2.75, 3.05) is 6.54 Å². The maximum atomic E-state index is 9.66. The molecule has 26 heavy (non-hydrogen) atoms. The van der Waals surface area contributed by atoms with Gasteiger partial charge in [0.2, 0.25) is 0 Å². The van der Waals surface area contributed by atoms with Gasteiger partial charge in [-0.05, 0) is 43.7 Å². The van der Waals surface area contributed by atoms with Gasteiger partial charge in [0, 0.05) is 31.5 Å². The highest BCUT2D eigenvalue weighted by Gasteiger charge is 2.19. The van der Waals surface area contributed by atoms with E-state index in [1.54, 1.807) is 6.20 Å². The van der Waals surface area contributed by atoms with Crippen LogP contribution >= 0.6 is 0 Å². The lowest BCUT2D eigenvalue weighted by Crippen LogP contribution is -2.45. The first-order chi connectivity index (χ1) is 12.7. The van der Waals surface area contributed by atoms with Gasteiger partial charge < -0.3 is 20.3 Å². The largest absolute Gasteiger partial charge is 0.393 e. The summed E-state index contributed by atoms with van der Waals surface area (Å²) in [6.45, 7) is 4.37. The fourth-order valence-corrected chi connectivity index (χ4v) is 3.32. The van der Waals surface area contributed by atoms with E-state index in [1.807, 2.05) is 12.5 Å². The van der Waals surface area contributed by atoms with Crippen molar-refractivity contribution in [3.63, 3.8) is 0 Å². The van der Waals surface area contributed by atoms with Crippen molar-refractivity contribution in [1.82, 2.24) is 20.2 Å². The number of benzene rings is 1. The van der Waals surface area contributed by atoms with E-state index < -0.39 is 0 Å². The fourth-order valence-electron chi connectivity index (χ4n) is 3.32. The SMILES string of the molecule is CCNC(=NCc1cccc(Cn2ccnc2)c1)NC1CCC(O)CC1. The number of rotatable bonds is 6. The van der Waals surface area contributed by atoms with Crippen LogP contribution in [0.1, 0.15) is 43.7 Å². The number of hydrogen-bond donors (Lipinski definition) is 3. The molecule has 1 fully saturated rings. The summed E-state index contributed by atoms with van der Waals surface area (Å²) in [6.07, 6.45) is 9.19. The molecule has 1 heterocycles. The number of nitrogens with zero attached hydrogens (tertiary/aromatic N) is 3. The van der Waals surface area contributed by atoms with E-state index >= 15 is 0 Å². The van der Waals surface area contributed by atoms with Gasteiger partial charge >= 0.3 is 0 Å². The van der Waals surface area contributed by atoms with Crippen LogP contribution in [0.4, 0.5) is 0 Å². The average molecular weight is 355 g/mol. The predicted molar refractivity (Wildman–Crippen MR) is 104 cm³/mol. The summed E-state index contributed by atoms with van der Waals surface area (Å²) in [5.41, 5.74) is 2.44. The van der Waals surface area contributed by atoms with Crippen LogP contribution in [0.2, 0.25) is 0 Å². The molecular formula is C20H29N5O. The van der Waals surface area contributed by atoms with Crippen LogP contribution in [0.25, 0.3) is 0 Å². The van der Waals surface area contributed by atoms with E-state index in [2.05, 4.69) is 51.4 Å². The van der Waals surface area contributed by atoms with Crippen molar-refractivity contribution in [2.24, 2.45) is 4.99 Å². The Balaban J connectivity index is 1.59. The van der Waals surface area contributed by atoms with Crippen LogP contribution in [0, 0.1) is 0 Å². The Hall–Kier alpha value is -2.34. The molecule has 0 unspecified atom stereocenters. The number of nitrogens with one attached hydrogen (secondary N) is 2. The van der Waals surface area contributed by atoms with E-state index in [0.717, 1.165) is 44.7 Å². The first kappa shape index (κ1) is 18.5. The normalized spacial score (nSPS) is 20.8. The first-order valence-electron chi connectivity index (χ1n) is 9.49. The van der Waals surface area contributed by atoms with Gasteiger partial charge in [0.05, 0.1) is 19.0 Å². The zero-order valence-corrected chi connectivity index (χ0v) is 15.4. The lowest BCUT2D eigenvalue weighted by molar-refractivity contribution is 0.120. The first-order valence-corrected chi connectivity index (χ1v) is 9.49. The summed E-state index contributed by atoms with van der Waals surface area (Å²) in [5, 5.41) is 16.5. The van der Waals surface area contributed by atoms with E-state index in [0.29, 0.717) is 12.6 Å². The Labute approximate surface area is 155 Å². The number of aliphatic imine (C=N–C) groups is 1. The van der Waals surface area contributed by atoms with Gasteiger partial charge in [-0.1, -0.05) is 24.3 Å². The third-order valence-electron chi connectivity index (χ3n) is 4.72. The van der Waals surface area contributed by atoms with Crippen LogP contribution in [0.3, 0.4) is 0 Å². The summed E-state index contributed by atoms with van der Waals surface area (Å²) in [6, 6.07) is 8.92.